The molecule has 0 aliphatic carbocycles. The predicted octanol–water partition coefficient (Wildman–Crippen LogP) is 4.56. The van der Waals surface area contributed by atoms with Gasteiger partial charge in [-0.3, -0.25) is 9.69 Å². The van der Waals surface area contributed by atoms with E-state index in [9.17, 15) is 4.79 Å². The van der Waals surface area contributed by atoms with Crippen molar-refractivity contribution in [1.29, 1.82) is 0 Å². The lowest BCUT2D eigenvalue weighted by molar-refractivity contribution is 0.0981. The Morgan fingerprint density at radius 3 is 2.67 bits per heavy atom. The number of amides is 1. The van der Waals surface area contributed by atoms with Crippen LogP contribution in [0.4, 0.5) is 5.69 Å². The summed E-state index contributed by atoms with van der Waals surface area (Å²) >= 11 is 1.18. The van der Waals surface area contributed by atoms with Crippen LogP contribution in [0.1, 0.15) is 39.3 Å². The van der Waals surface area contributed by atoms with Gasteiger partial charge < -0.3 is 9.64 Å². The van der Waals surface area contributed by atoms with Gasteiger partial charge in [0.05, 0.1) is 12.8 Å². The summed E-state index contributed by atoms with van der Waals surface area (Å²) in [5, 5.41) is 4.04. The number of anilines is 1. The maximum absolute atomic E-state index is 13.4. The number of ether oxygens (including phenoxy) is 1. The molecule has 6 nitrogen and oxygen atoms in total. The molecule has 1 fully saturated rings. The number of rotatable bonds is 5. The number of piperidine rings is 1. The Hall–Kier alpha value is -3.03. The Balaban J connectivity index is 1.35. The minimum atomic E-state index is -0.0504. The van der Waals surface area contributed by atoms with Gasteiger partial charge in [0.15, 0.2) is 0 Å². The highest BCUT2D eigenvalue weighted by molar-refractivity contribution is 7.08. The van der Waals surface area contributed by atoms with Gasteiger partial charge in [-0.2, -0.15) is 0 Å². The molecule has 0 atom stereocenters. The summed E-state index contributed by atoms with van der Waals surface area (Å²) in [4.78, 5) is 18.5. The number of carbonyl (C=O) groups is 1. The third-order valence-electron chi connectivity index (χ3n) is 6.90. The molecule has 1 spiro atoms. The van der Waals surface area contributed by atoms with E-state index in [1.807, 2.05) is 30.0 Å². The van der Waals surface area contributed by atoms with Crippen molar-refractivity contribution in [1.82, 2.24) is 14.5 Å². The number of likely N-dealkylation sites (tertiary alicyclic amines) is 1. The van der Waals surface area contributed by atoms with Gasteiger partial charge in [0, 0.05) is 24.2 Å². The van der Waals surface area contributed by atoms with Gasteiger partial charge >= 0.3 is 0 Å². The van der Waals surface area contributed by atoms with Gasteiger partial charge in [0.1, 0.15) is 10.6 Å². The van der Waals surface area contributed by atoms with Crippen molar-refractivity contribution in [2.75, 3.05) is 38.2 Å². The number of methoxy groups -OCH3 is 1. The third-order valence-corrected chi connectivity index (χ3v) is 7.72. The summed E-state index contributed by atoms with van der Waals surface area (Å²) in [7, 11) is 1.69. The number of aryl methyl sites for hydroxylation is 1. The summed E-state index contributed by atoms with van der Waals surface area (Å²) < 4.78 is 9.51. The molecule has 2 aromatic carbocycles. The quantitative estimate of drug-likeness (QED) is 0.559. The number of hydrogen-bond acceptors (Lipinski definition) is 6. The van der Waals surface area contributed by atoms with E-state index < -0.39 is 0 Å². The number of benzene rings is 2. The molecule has 0 unspecified atom stereocenters. The standard InChI is InChI=1S/C26H28N4O2S/c1-19-24(33-28-27-19)25(31)30-18-26(22-17-21(32-2)10-11-23(22)30)12-15-29(16-13-26)14-6-9-20-7-4-3-5-8-20/h3-11,17H,12-16,18H2,1-2H3. The number of hydrogen-bond donors (Lipinski definition) is 0. The zero-order valence-corrected chi connectivity index (χ0v) is 19.8. The van der Waals surface area contributed by atoms with Crippen LogP contribution in [-0.4, -0.2) is 53.7 Å². The van der Waals surface area contributed by atoms with Crippen molar-refractivity contribution in [3.63, 3.8) is 0 Å². The molecule has 0 saturated carbocycles. The third kappa shape index (κ3) is 4.18. The molecular weight excluding hydrogens is 432 g/mol. The van der Waals surface area contributed by atoms with Crippen LogP contribution in [0, 0.1) is 6.92 Å². The summed E-state index contributed by atoms with van der Waals surface area (Å²) in [5.41, 5.74) is 4.09. The van der Waals surface area contributed by atoms with Gasteiger partial charge in [-0.1, -0.05) is 47.0 Å². The lowest BCUT2D eigenvalue weighted by atomic mass is 9.74. The number of aromatic nitrogens is 2. The zero-order chi connectivity index (χ0) is 22.8. The van der Waals surface area contributed by atoms with Crippen molar-refractivity contribution in [3.8, 4) is 5.75 Å². The van der Waals surface area contributed by atoms with E-state index in [1.54, 1.807) is 7.11 Å². The van der Waals surface area contributed by atoms with Crippen LogP contribution in [0.25, 0.3) is 6.08 Å². The van der Waals surface area contributed by atoms with Gasteiger partial charge in [-0.25, -0.2) is 0 Å². The molecule has 0 bridgehead atoms. The lowest BCUT2D eigenvalue weighted by Crippen LogP contribution is -2.46. The van der Waals surface area contributed by atoms with Crippen molar-refractivity contribution in [3.05, 3.63) is 76.3 Å². The van der Waals surface area contributed by atoms with Crippen molar-refractivity contribution in [2.24, 2.45) is 0 Å². The first-order chi connectivity index (χ1) is 16.1. The van der Waals surface area contributed by atoms with Crippen LogP contribution in [0.2, 0.25) is 0 Å². The van der Waals surface area contributed by atoms with E-state index in [0.29, 0.717) is 17.1 Å². The molecule has 3 aromatic rings. The topological polar surface area (TPSA) is 58.6 Å². The monoisotopic (exact) mass is 460 g/mol. The maximum atomic E-state index is 13.4. The fourth-order valence-electron chi connectivity index (χ4n) is 5.00. The van der Waals surface area contributed by atoms with E-state index in [4.69, 9.17) is 4.74 Å². The Morgan fingerprint density at radius 1 is 1.18 bits per heavy atom. The second-order valence-corrected chi connectivity index (χ2v) is 9.61. The molecule has 170 valence electrons. The summed E-state index contributed by atoms with van der Waals surface area (Å²) in [6, 6.07) is 16.5. The molecule has 5 rings (SSSR count). The van der Waals surface area contributed by atoms with Crippen LogP contribution in [0.15, 0.2) is 54.6 Å². The highest BCUT2D eigenvalue weighted by atomic mass is 32.1. The van der Waals surface area contributed by atoms with E-state index in [1.165, 1.54) is 22.7 Å². The van der Waals surface area contributed by atoms with Crippen molar-refractivity contribution >= 4 is 29.2 Å². The normalized spacial score (nSPS) is 17.6. The molecule has 7 heteroatoms. The van der Waals surface area contributed by atoms with E-state index in [2.05, 4.69) is 57.0 Å². The van der Waals surface area contributed by atoms with E-state index in [-0.39, 0.29) is 11.3 Å². The highest BCUT2D eigenvalue weighted by Crippen LogP contribution is 2.48. The average Bonchev–Trinajstić information content (AvgIpc) is 3.42. The summed E-state index contributed by atoms with van der Waals surface area (Å²) in [5.74, 6) is 0.838. The SMILES string of the molecule is COc1ccc2c(c1)C1(CCN(CC=Cc3ccccc3)CC1)CN2C(=O)c1snnc1C. The number of fused-ring (bicyclic) bond motifs is 2. The van der Waals surface area contributed by atoms with E-state index in [0.717, 1.165) is 43.9 Å². The molecule has 2 aliphatic rings. The Labute approximate surface area is 198 Å². The fraction of sp³-hybridized carbons (Fsp3) is 0.346. The first-order valence-electron chi connectivity index (χ1n) is 11.3. The average molecular weight is 461 g/mol. The molecule has 3 heterocycles. The minimum absolute atomic E-state index is 0.000911. The molecule has 1 aromatic heterocycles. The van der Waals surface area contributed by atoms with Gasteiger partial charge in [0.25, 0.3) is 5.91 Å². The zero-order valence-electron chi connectivity index (χ0n) is 19.0. The van der Waals surface area contributed by atoms with E-state index >= 15 is 0 Å². The van der Waals surface area contributed by atoms with Crippen LogP contribution >= 0.6 is 11.5 Å². The maximum Gasteiger partial charge on any atom is 0.271 e. The predicted molar refractivity (Wildman–Crippen MR) is 132 cm³/mol. The largest absolute Gasteiger partial charge is 0.497 e. The van der Waals surface area contributed by atoms with Crippen LogP contribution in [-0.2, 0) is 5.41 Å². The number of carbonyl (C=O) groups excluding carboxylic acids is 1. The molecule has 1 saturated heterocycles. The number of nitrogens with zero attached hydrogens (tertiary/aromatic N) is 4. The van der Waals surface area contributed by atoms with Gasteiger partial charge in [0.2, 0.25) is 0 Å². The lowest BCUT2D eigenvalue weighted by Gasteiger charge is -2.39. The Morgan fingerprint density at radius 2 is 1.97 bits per heavy atom. The molecule has 33 heavy (non-hydrogen) atoms. The van der Waals surface area contributed by atoms with Crippen molar-refractivity contribution < 1.29 is 9.53 Å². The van der Waals surface area contributed by atoms with Crippen LogP contribution < -0.4 is 9.64 Å². The Bertz CT molecular complexity index is 1170. The first kappa shape index (κ1) is 21.8. The smallest absolute Gasteiger partial charge is 0.271 e. The molecular formula is C26H28N4O2S. The second-order valence-electron chi connectivity index (χ2n) is 8.86. The fourth-order valence-corrected chi connectivity index (χ4v) is 5.61. The van der Waals surface area contributed by atoms with Gasteiger partial charge in [-0.05, 0) is 73.7 Å². The molecule has 2 aliphatic heterocycles. The molecule has 0 radical (unpaired) electrons. The highest BCUT2D eigenvalue weighted by Gasteiger charge is 2.47. The van der Waals surface area contributed by atoms with Crippen LogP contribution in [0.3, 0.4) is 0 Å². The van der Waals surface area contributed by atoms with Crippen molar-refractivity contribution in [2.45, 2.75) is 25.2 Å². The Kier molecular flexibility index (Phi) is 6.00. The summed E-state index contributed by atoms with van der Waals surface area (Å²) in [6.07, 6.45) is 6.45. The molecule has 1 amide bonds. The second kappa shape index (κ2) is 9.08. The van der Waals surface area contributed by atoms with Gasteiger partial charge in [-0.15, -0.1) is 5.10 Å². The molecule has 0 N–H and O–H groups in total. The minimum Gasteiger partial charge on any atom is -0.497 e. The summed E-state index contributed by atoms with van der Waals surface area (Å²) in [6.45, 7) is 5.47. The first-order valence-corrected chi connectivity index (χ1v) is 12.1. The van der Waals surface area contributed by atoms with Crippen LogP contribution in [0.5, 0.6) is 5.75 Å².